The lowest BCUT2D eigenvalue weighted by molar-refractivity contribution is -0.679. The highest BCUT2D eigenvalue weighted by Gasteiger charge is 2.31. The van der Waals surface area contributed by atoms with Gasteiger partial charge in [-0.3, -0.25) is 4.79 Å². The molecule has 0 spiro atoms. The van der Waals surface area contributed by atoms with Crippen LogP contribution in [0, 0.1) is 11.6 Å². The molecule has 2 heterocycles. The number of aryl methyl sites for hydroxylation is 1. The van der Waals surface area contributed by atoms with Crippen LogP contribution in [0.3, 0.4) is 0 Å². The third-order valence-corrected chi connectivity index (χ3v) is 4.91. The van der Waals surface area contributed by atoms with Gasteiger partial charge in [0.05, 0.1) is 6.54 Å². The number of carbonyl (C=O) groups excluding carboxylic acids is 1. The van der Waals surface area contributed by atoms with Gasteiger partial charge in [0, 0.05) is 12.0 Å². The summed E-state index contributed by atoms with van der Waals surface area (Å²) < 4.78 is 32.0. The first-order chi connectivity index (χ1) is 12.2. The topological polar surface area (TPSA) is 25.9 Å². The standard InChI is InChI=1S/C20H19F2N2O/c21-15-10-11-16-20(19(15)22)23-12-6-2-5-9-18(23)24(16)13-17(25)14-7-3-1-4-8-14/h1,3-4,7-8,10-11H,2,5-6,9,12-13H2/q+1. The fourth-order valence-electron chi connectivity index (χ4n) is 3.69. The molecule has 0 radical (unpaired) electrons. The number of Topliss-reactive ketones (excluding diaryl/α,β-unsaturated/α-hetero) is 1. The molecular formula is C20H19F2N2O+. The number of imidazole rings is 1. The first kappa shape index (κ1) is 15.9. The zero-order chi connectivity index (χ0) is 17.4. The molecule has 0 saturated heterocycles. The molecule has 0 unspecified atom stereocenters. The van der Waals surface area contributed by atoms with Crippen LogP contribution in [0.5, 0.6) is 0 Å². The Morgan fingerprint density at radius 2 is 1.84 bits per heavy atom. The molecule has 0 aliphatic carbocycles. The molecule has 2 aromatic carbocycles. The lowest BCUT2D eigenvalue weighted by atomic mass is 10.1. The lowest BCUT2D eigenvalue weighted by Crippen LogP contribution is -2.38. The summed E-state index contributed by atoms with van der Waals surface area (Å²) in [7, 11) is 0. The maximum absolute atomic E-state index is 14.5. The molecule has 0 amide bonds. The average molecular weight is 341 g/mol. The van der Waals surface area contributed by atoms with Gasteiger partial charge in [-0.2, -0.15) is 4.39 Å². The summed E-state index contributed by atoms with van der Waals surface area (Å²) in [6, 6.07) is 11.8. The Morgan fingerprint density at radius 1 is 1.04 bits per heavy atom. The van der Waals surface area contributed by atoms with Crippen molar-refractivity contribution in [2.24, 2.45) is 0 Å². The second kappa shape index (κ2) is 6.39. The van der Waals surface area contributed by atoms with Crippen LogP contribution >= 0.6 is 0 Å². The fraction of sp³-hybridized carbons (Fsp3) is 0.300. The first-order valence-corrected chi connectivity index (χ1v) is 8.64. The molecule has 3 aromatic rings. The molecule has 0 fully saturated rings. The van der Waals surface area contributed by atoms with Gasteiger partial charge in [-0.1, -0.05) is 30.3 Å². The van der Waals surface area contributed by atoms with Crippen LogP contribution in [-0.4, -0.2) is 10.4 Å². The van der Waals surface area contributed by atoms with E-state index in [0.29, 0.717) is 17.6 Å². The molecule has 0 atom stereocenters. The van der Waals surface area contributed by atoms with E-state index in [4.69, 9.17) is 0 Å². The quantitative estimate of drug-likeness (QED) is 0.525. The van der Waals surface area contributed by atoms with Gasteiger partial charge in [0.15, 0.2) is 17.9 Å². The number of hydrogen-bond acceptors (Lipinski definition) is 1. The molecule has 128 valence electrons. The van der Waals surface area contributed by atoms with Crippen molar-refractivity contribution in [3.63, 3.8) is 0 Å². The molecule has 1 aromatic heterocycles. The summed E-state index contributed by atoms with van der Waals surface area (Å²) in [5.41, 5.74) is 1.48. The van der Waals surface area contributed by atoms with Gasteiger partial charge in [0.25, 0.3) is 5.82 Å². The molecule has 1 aliphatic rings. The van der Waals surface area contributed by atoms with E-state index in [1.165, 1.54) is 0 Å². The van der Waals surface area contributed by atoms with Crippen molar-refractivity contribution < 1.29 is 18.1 Å². The van der Waals surface area contributed by atoms with E-state index in [1.54, 1.807) is 18.2 Å². The molecule has 1 aliphatic heterocycles. The number of nitrogens with zero attached hydrogens (tertiary/aromatic N) is 2. The van der Waals surface area contributed by atoms with E-state index in [9.17, 15) is 13.6 Å². The van der Waals surface area contributed by atoms with Gasteiger partial charge in [-0.05, 0) is 31.4 Å². The van der Waals surface area contributed by atoms with E-state index in [1.807, 2.05) is 27.3 Å². The van der Waals surface area contributed by atoms with Crippen molar-refractivity contribution in [2.75, 3.05) is 0 Å². The van der Waals surface area contributed by atoms with Crippen molar-refractivity contribution in [3.05, 3.63) is 65.5 Å². The zero-order valence-electron chi connectivity index (χ0n) is 13.8. The molecule has 25 heavy (non-hydrogen) atoms. The highest BCUT2D eigenvalue weighted by atomic mass is 19.2. The highest BCUT2D eigenvalue weighted by Crippen LogP contribution is 2.24. The molecule has 3 nitrogen and oxygen atoms in total. The predicted octanol–water partition coefficient (Wildman–Crippen LogP) is 3.82. The predicted molar refractivity (Wildman–Crippen MR) is 90.4 cm³/mol. The van der Waals surface area contributed by atoms with Gasteiger partial charge in [-0.15, -0.1) is 0 Å². The molecule has 0 saturated carbocycles. The third-order valence-electron chi connectivity index (χ3n) is 4.91. The van der Waals surface area contributed by atoms with Crippen LogP contribution in [0.15, 0.2) is 42.5 Å². The van der Waals surface area contributed by atoms with Crippen molar-refractivity contribution in [3.8, 4) is 0 Å². The number of fused-ring (bicyclic) bond motifs is 3. The summed E-state index contributed by atoms with van der Waals surface area (Å²) in [6.45, 7) is 0.784. The van der Waals surface area contributed by atoms with Crippen LogP contribution in [0.2, 0.25) is 0 Å². The second-order valence-corrected chi connectivity index (χ2v) is 6.48. The highest BCUT2D eigenvalue weighted by molar-refractivity contribution is 5.96. The number of benzene rings is 2. The third kappa shape index (κ3) is 2.73. The number of rotatable bonds is 3. The summed E-state index contributed by atoms with van der Waals surface area (Å²) in [5.74, 6) is -0.804. The molecular weight excluding hydrogens is 322 g/mol. The zero-order valence-corrected chi connectivity index (χ0v) is 13.8. The van der Waals surface area contributed by atoms with Crippen molar-refractivity contribution >= 4 is 16.8 Å². The summed E-state index contributed by atoms with van der Waals surface area (Å²) in [5, 5.41) is 0. The van der Waals surface area contributed by atoms with Crippen LogP contribution in [0.25, 0.3) is 11.0 Å². The van der Waals surface area contributed by atoms with Crippen LogP contribution in [-0.2, 0) is 19.5 Å². The maximum atomic E-state index is 14.5. The van der Waals surface area contributed by atoms with Gasteiger partial charge in [0.1, 0.15) is 0 Å². The molecule has 0 N–H and O–H groups in total. The number of carbonyl (C=O) groups is 1. The van der Waals surface area contributed by atoms with Gasteiger partial charge in [-0.25, -0.2) is 13.5 Å². The van der Waals surface area contributed by atoms with E-state index in [2.05, 4.69) is 0 Å². The summed E-state index contributed by atoms with van der Waals surface area (Å²) >= 11 is 0. The van der Waals surface area contributed by atoms with Crippen LogP contribution in [0.1, 0.15) is 35.4 Å². The first-order valence-electron chi connectivity index (χ1n) is 8.64. The van der Waals surface area contributed by atoms with Crippen molar-refractivity contribution in [2.45, 2.75) is 38.8 Å². The van der Waals surface area contributed by atoms with Gasteiger partial charge >= 0.3 is 0 Å². The smallest absolute Gasteiger partial charge is 0.257 e. The Bertz CT molecular complexity index is 947. The monoisotopic (exact) mass is 341 g/mol. The summed E-state index contributed by atoms with van der Waals surface area (Å²) in [4.78, 5) is 12.7. The number of ketones is 1. The minimum absolute atomic E-state index is 0.0325. The Morgan fingerprint density at radius 3 is 2.64 bits per heavy atom. The van der Waals surface area contributed by atoms with Crippen LogP contribution in [0.4, 0.5) is 8.78 Å². The Labute approximate surface area is 144 Å². The Kier molecular flexibility index (Phi) is 4.07. The van der Waals surface area contributed by atoms with E-state index in [-0.39, 0.29) is 17.8 Å². The largest absolute Gasteiger partial charge is 0.290 e. The van der Waals surface area contributed by atoms with E-state index >= 15 is 0 Å². The van der Waals surface area contributed by atoms with Gasteiger partial charge < -0.3 is 0 Å². The normalized spacial score (nSPS) is 14.3. The number of aromatic nitrogens is 2. The Balaban J connectivity index is 1.87. The van der Waals surface area contributed by atoms with Crippen LogP contribution < -0.4 is 4.57 Å². The molecule has 4 rings (SSSR count). The van der Waals surface area contributed by atoms with Crippen molar-refractivity contribution in [1.29, 1.82) is 0 Å². The van der Waals surface area contributed by atoms with Gasteiger partial charge in [0.2, 0.25) is 17.1 Å². The number of halogens is 2. The molecule has 0 bridgehead atoms. The second-order valence-electron chi connectivity index (χ2n) is 6.48. The SMILES string of the molecule is O=C(Cn1c2[n+](c3c(F)c(F)ccc31)CCCCC2)c1ccccc1. The Hall–Kier alpha value is -2.56. The number of hydrogen-bond donors (Lipinski definition) is 0. The summed E-state index contributed by atoms with van der Waals surface area (Å²) in [6.07, 6.45) is 3.73. The average Bonchev–Trinajstić information content (AvgIpc) is 2.78. The van der Waals surface area contributed by atoms with E-state index < -0.39 is 11.6 Å². The van der Waals surface area contributed by atoms with E-state index in [0.717, 1.165) is 37.6 Å². The fourth-order valence-corrected chi connectivity index (χ4v) is 3.69. The lowest BCUT2D eigenvalue weighted by Gasteiger charge is -2.03. The minimum atomic E-state index is -0.849. The maximum Gasteiger partial charge on any atom is 0.257 e. The van der Waals surface area contributed by atoms with Crippen molar-refractivity contribution in [1.82, 2.24) is 4.57 Å². The molecule has 5 heteroatoms. The minimum Gasteiger partial charge on any atom is -0.290 e.